The summed E-state index contributed by atoms with van der Waals surface area (Å²) in [5, 5.41) is 19.2. The van der Waals surface area contributed by atoms with E-state index in [2.05, 4.69) is 20.0 Å². The highest BCUT2D eigenvalue weighted by Gasteiger charge is 2.31. The van der Waals surface area contributed by atoms with Gasteiger partial charge in [-0.25, -0.2) is 36.8 Å². The Bertz CT molecular complexity index is 3460. The van der Waals surface area contributed by atoms with Crippen molar-refractivity contribution < 1.29 is 37.0 Å². The molecule has 2 saturated carbocycles. The first-order chi connectivity index (χ1) is 35.8. The third-order valence-electron chi connectivity index (χ3n) is 13.7. The van der Waals surface area contributed by atoms with Crippen molar-refractivity contribution >= 4 is 90.2 Å². The molecule has 4 aliphatic rings. The number of carbonyl (C=O) groups is 2. The molecular formula is C50H50F2N14O8S. The first kappa shape index (κ1) is 49.7. The minimum Gasteiger partial charge on any atom is -0.477 e. The third kappa shape index (κ3) is 10.00. The Labute approximate surface area is 425 Å². The predicted molar refractivity (Wildman–Crippen MR) is 279 cm³/mol. The van der Waals surface area contributed by atoms with Gasteiger partial charge < -0.3 is 61.9 Å². The zero-order valence-electron chi connectivity index (χ0n) is 40.0. The molecule has 0 amide bonds. The number of nitrogens with zero attached hydrogens (tertiary/aromatic N) is 10. The molecule has 4 fully saturated rings. The number of carboxylic acids is 2. The molecule has 388 valence electrons. The average Bonchev–Trinajstić information content (AvgIpc) is 4.33. The number of piperazine rings is 2. The lowest BCUT2D eigenvalue weighted by Gasteiger charge is -2.36. The van der Waals surface area contributed by atoms with Crippen molar-refractivity contribution in [3.05, 3.63) is 128 Å². The number of anilines is 2. The van der Waals surface area contributed by atoms with Gasteiger partial charge in [0, 0.05) is 87.6 Å². The fraction of sp³-hybridized carbons (Fsp3) is 0.280. The first-order valence-corrected chi connectivity index (χ1v) is 25.4. The second kappa shape index (κ2) is 19.5. The molecule has 2 aliphatic carbocycles. The van der Waals surface area contributed by atoms with Crippen LogP contribution in [0.4, 0.5) is 31.5 Å². The maximum absolute atomic E-state index is 15.5. The summed E-state index contributed by atoms with van der Waals surface area (Å²) in [6.07, 6.45) is 5.97. The van der Waals surface area contributed by atoms with Crippen molar-refractivity contribution in [1.29, 1.82) is 0 Å². The molecule has 0 unspecified atom stereocenters. The minimum atomic E-state index is -3.99. The molecular weight excluding hydrogens is 995 g/mol. The van der Waals surface area contributed by atoms with Crippen LogP contribution in [0.25, 0.3) is 21.8 Å². The van der Waals surface area contributed by atoms with Crippen molar-refractivity contribution in [2.45, 2.75) is 47.6 Å². The lowest BCUT2D eigenvalue weighted by atomic mass is 10.1. The maximum atomic E-state index is 15.5. The topological polar surface area (TPSA) is 319 Å². The summed E-state index contributed by atoms with van der Waals surface area (Å²) in [6.45, 7) is 2.76. The van der Waals surface area contributed by atoms with Gasteiger partial charge in [0.1, 0.15) is 22.8 Å². The Hall–Kier alpha value is -8.87. The van der Waals surface area contributed by atoms with Gasteiger partial charge in [0.25, 0.3) is 0 Å². The molecule has 0 spiro atoms. The van der Waals surface area contributed by atoms with Crippen LogP contribution in [0.5, 0.6) is 0 Å². The van der Waals surface area contributed by atoms with Crippen LogP contribution < -0.4 is 43.6 Å². The van der Waals surface area contributed by atoms with Gasteiger partial charge in [0.05, 0.1) is 43.6 Å². The van der Waals surface area contributed by atoms with Crippen LogP contribution in [-0.4, -0.2) is 126 Å². The molecule has 2 aromatic heterocycles. The van der Waals surface area contributed by atoms with Gasteiger partial charge in [-0.2, -0.15) is 9.98 Å². The van der Waals surface area contributed by atoms with Gasteiger partial charge in [0.2, 0.25) is 32.6 Å². The van der Waals surface area contributed by atoms with E-state index in [-0.39, 0.29) is 67.9 Å². The number of fused-ring (bicyclic) bond motifs is 2. The van der Waals surface area contributed by atoms with Gasteiger partial charge in [0.15, 0.2) is 11.9 Å². The number of aliphatic imine (C=N–C) groups is 4. The zero-order valence-corrected chi connectivity index (χ0v) is 40.8. The van der Waals surface area contributed by atoms with Crippen molar-refractivity contribution in [2.24, 2.45) is 42.9 Å². The fourth-order valence-corrected chi connectivity index (χ4v) is 10.7. The van der Waals surface area contributed by atoms with Crippen LogP contribution in [0.3, 0.4) is 0 Å². The van der Waals surface area contributed by atoms with E-state index in [1.807, 2.05) is 9.80 Å². The predicted octanol–water partition coefficient (Wildman–Crippen LogP) is 3.66. The number of hydrogen-bond donors (Lipinski definition) is 6. The summed E-state index contributed by atoms with van der Waals surface area (Å²) in [5.41, 5.74) is 24.7. The molecule has 0 radical (unpaired) electrons. The van der Waals surface area contributed by atoms with Crippen molar-refractivity contribution in [1.82, 2.24) is 18.9 Å². The summed E-state index contributed by atoms with van der Waals surface area (Å²) in [5.74, 6) is -4.26. The van der Waals surface area contributed by atoms with Gasteiger partial charge in [-0.3, -0.25) is 9.59 Å². The summed E-state index contributed by atoms with van der Waals surface area (Å²) >= 11 is 0. The number of benzene rings is 4. The van der Waals surface area contributed by atoms with E-state index >= 15 is 8.78 Å². The molecule has 4 aromatic carbocycles. The Balaban J connectivity index is 0.735. The van der Waals surface area contributed by atoms with E-state index in [0.29, 0.717) is 74.8 Å². The molecule has 25 heteroatoms. The molecule has 75 heavy (non-hydrogen) atoms. The number of aromatic nitrogens is 2. The standard InChI is InChI=1S/C50H50F2N14O8S/c51-37-21-33-39(65(29-5-6-29)25-35(43(33)67)45(69)70)23-41(37)61-13-17-63(18-14-61)49(55)59-47(53)57-27-1-9-31(10-2-27)75(73,74)32-11-3-28(4-12-32)58-48(54)60-50(56)64-19-15-62(16-20-64)42-24-40-34(22-38(42)52)44(68)36(46(71)72)26-66(40)30-7-8-30/h1-4,9-12,21-26,29-30H,5-8,13-20H2,(H,69,70)(H,71,72)(H4,53,55,57,59)(H4,54,56,58,60). The highest BCUT2D eigenvalue weighted by Crippen LogP contribution is 2.40. The van der Waals surface area contributed by atoms with Crippen molar-refractivity contribution in [2.75, 3.05) is 62.2 Å². The number of rotatable bonds is 10. The lowest BCUT2D eigenvalue weighted by Crippen LogP contribution is -2.51. The van der Waals surface area contributed by atoms with Gasteiger partial charge in [-0.1, -0.05) is 0 Å². The molecule has 0 bridgehead atoms. The summed E-state index contributed by atoms with van der Waals surface area (Å²) in [7, 11) is -3.99. The Kier molecular flexibility index (Phi) is 12.9. The highest BCUT2D eigenvalue weighted by atomic mass is 32.2. The zero-order chi connectivity index (χ0) is 53.0. The van der Waals surface area contributed by atoms with Crippen LogP contribution in [0.1, 0.15) is 58.5 Å². The molecule has 4 heterocycles. The summed E-state index contributed by atoms with van der Waals surface area (Å²) < 4.78 is 61.7. The third-order valence-corrected chi connectivity index (χ3v) is 15.5. The van der Waals surface area contributed by atoms with Crippen molar-refractivity contribution in [3.8, 4) is 0 Å². The summed E-state index contributed by atoms with van der Waals surface area (Å²) in [4.78, 5) is 73.4. The van der Waals surface area contributed by atoms with E-state index in [9.17, 15) is 37.8 Å². The van der Waals surface area contributed by atoms with Crippen molar-refractivity contribution in [3.63, 3.8) is 0 Å². The van der Waals surface area contributed by atoms with E-state index in [0.717, 1.165) is 37.8 Å². The average molecular weight is 1050 g/mol. The SMILES string of the molecule is NC(=Nc1ccc(S(=O)(=O)c2ccc(N=C(N)N=C(N)N3CCN(c4cc5c(cc4F)c(=O)c(C(=O)O)cn5C4CC4)CC3)cc2)cc1)N=C(N)N1CCN(c2cc3c(cc2F)c(=O)c(C(=O)O)cn3C2CC2)CC1. The van der Waals surface area contributed by atoms with Gasteiger partial charge in [-0.15, -0.1) is 0 Å². The van der Waals surface area contributed by atoms with Gasteiger partial charge >= 0.3 is 11.9 Å². The molecule has 22 nitrogen and oxygen atoms in total. The second-order valence-electron chi connectivity index (χ2n) is 18.6. The molecule has 2 saturated heterocycles. The number of aromatic carboxylic acids is 2. The molecule has 2 aliphatic heterocycles. The monoisotopic (exact) mass is 1040 g/mol. The van der Waals surface area contributed by atoms with Crippen LogP contribution in [0.15, 0.2) is 125 Å². The number of carboxylic acid groups (broad SMARTS) is 2. The number of nitrogens with two attached hydrogens (primary N) is 4. The maximum Gasteiger partial charge on any atom is 0.341 e. The highest BCUT2D eigenvalue weighted by molar-refractivity contribution is 7.91. The molecule has 10 rings (SSSR count). The minimum absolute atomic E-state index is 0.0118. The second-order valence-corrected chi connectivity index (χ2v) is 20.5. The van der Waals surface area contributed by atoms with Crippen LogP contribution in [0, 0.1) is 11.6 Å². The lowest BCUT2D eigenvalue weighted by molar-refractivity contribution is 0.0684. The quantitative estimate of drug-likeness (QED) is 0.0842. The van der Waals surface area contributed by atoms with Crippen LogP contribution in [-0.2, 0) is 9.84 Å². The smallest absolute Gasteiger partial charge is 0.341 e. The number of sulfone groups is 1. The number of guanidine groups is 4. The van der Waals surface area contributed by atoms with E-state index < -0.39 is 55.4 Å². The summed E-state index contributed by atoms with van der Waals surface area (Å²) in [6, 6.07) is 16.8. The van der Waals surface area contributed by atoms with E-state index in [1.54, 1.807) is 31.1 Å². The van der Waals surface area contributed by atoms with Crippen LogP contribution >= 0.6 is 0 Å². The Morgan fingerprint density at radius 3 is 1.21 bits per heavy atom. The van der Waals surface area contributed by atoms with Gasteiger partial charge in [-0.05, 0) is 98.5 Å². The van der Waals surface area contributed by atoms with Crippen LogP contribution in [0.2, 0.25) is 0 Å². The Morgan fingerprint density at radius 1 is 0.547 bits per heavy atom. The number of hydrogen-bond acceptors (Lipinski definition) is 10. The van der Waals surface area contributed by atoms with E-state index in [1.165, 1.54) is 60.9 Å². The molecule has 6 aromatic rings. The normalized spacial score (nSPS) is 17.3. The molecule has 10 N–H and O–H groups in total. The number of pyridine rings is 2. The first-order valence-electron chi connectivity index (χ1n) is 23.9. The largest absolute Gasteiger partial charge is 0.477 e. The molecule has 0 atom stereocenters. The fourth-order valence-electron chi connectivity index (χ4n) is 9.40. The Morgan fingerprint density at radius 2 is 0.893 bits per heavy atom. The number of halogens is 2. The van der Waals surface area contributed by atoms with E-state index in [4.69, 9.17) is 22.9 Å².